The number of piperazine rings is 1. The lowest BCUT2D eigenvalue weighted by molar-refractivity contribution is -0.121. The van der Waals surface area contributed by atoms with Crippen LogP contribution in [0.2, 0.25) is 0 Å². The van der Waals surface area contributed by atoms with Crippen molar-refractivity contribution in [2.24, 2.45) is 0 Å². The van der Waals surface area contributed by atoms with Gasteiger partial charge in [0.2, 0.25) is 5.91 Å². The van der Waals surface area contributed by atoms with Crippen LogP contribution in [-0.4, -0.2) is 79.6 Å². The summed E-state index contributed by atoms with van der Waals surface area (Å²) in [4.78, 5) is 32.1. The van der Waals surface area contributed by atoms with Crippen LogP contribution >= 0.6 is 0 Å². The summed E-state index contributed by atoms with van der Waals surface area (Å²) >= 11 is 0. The largest absolute Gasteiger partial charge is 0.462 e. The van der Waals surface area contributed by atoms with Crippen molar-refractivity contribution >= 4 is 11.9 Å². The Morgan fingerprint density at radius 1 is 1.19 bits per heavy atom. The van der Waals surface area contributed by atoms with Crippen LogP contribution in [0, 0.1) is 13.8 Å². The van der Waals surface area contributed by atoms with Crippen LogP contribution < -0.4 is 5.32 Å². The SMILES string of the molecule is CCOC(=O)c1c(C)[nH]c(CCC(=O)NCCN2CCN(C)CC2)c1C. The highest BCUT2D eigenvalue weighted by Gasteiger charge is 2.19. The molecule has 0 unspecified atom stereocenters. The van der Waals surface area contributed by atoms with Crippen molar-refractivity contribution in [1.82, 2.24) is 20.1 Å². The first-order chi connectivity index (χ1) is 12.4. The van der Waals surface area contributed by atoms with E-state index in [9.17, 15) is 9.59 Å². The normalized spacial score (nSPS) is 15.8. The Morgan fingerprint density at radius 3 is 2.54 bits per heavy atom. The Morgan fingerprint density at radius 2 is 1.88 bits per heavy atom. The quantitative estimate of drug-likeness (QED) is 0.676. The predicted molar refractivity (Wildman–Crippen MR) is 101 cm³/mol. The van der Waals surface area contributed by atoms with Crippen molar-refractivity contribution in [2.75, 3.05) is 52.9 Å². The maximum absolute atomic E-state index is 12.1. The summed E-state index contributed by atoms with van der Waals surface area (Å²) in [5.74, 6) is -0.259. The molecule has 26 heavy (non-hydrogen) atoms. The van der Waals surface area contributed by atoms with Gasteiger partial charge in [-0.05, 0) is 39.8 Å². The monoisotopic (exact) mass is 364 g/mol. The van der Waals surface area contributed by atoms with E-state index < -0.39 is 0 Å². The first kappa shape index (κ1) is 20.5. The Hall–Kier alpha value is -1.86. The van der Waals surface area contributed by atoms with Gasteiger partial charge in [-0.2, -0.15) is 0 Å². The van der Waals surface area contributed by atoms with Crippen LogP contribution in [0.15, 0.2) is 0 Å². The third kappa shape index (κ3) is 5.57. The Labute approximate surface area is 156 Å². The van der Waals surface area contributed by atoms with Gasteiger partial charge >= 0.3 is 5.97 Å². The molecule has 1 aromatic heterocycles. The van der Waals surface area contributed by atoms with E-state index in [-0.39, 0.29) is 11.9 Å². The minimum Gasteiger partial charge on any atom is -0.462 e. The van der Waals surface area contributed by atoms with Crippen molar-refractivity contribution in [1.29, 1.82) is 0 Å². The summed E-state index contributed by atoms with van der Waals surface area (Å²) < 4.78 is 5.10. The smallest absolute Gasteiger partial charge is 0.340 e. The molecule has 1 fully saturated rings. The molecule has 2 N–H and O–H groups in total. The molecule has 1 amide bonds. The number of amides is 1. The molecule has 0 saturated carbocycles. The number of carbonyl (C=O) groups is 2. The Kier molecular flexibility index (Phi) is 7.66. The molecule has 1 aromatic rings. The minimum atomic E-state index is -0.304. The minimum absolute atomic E-state index is 0.0449. The van der Waals surface area contributed by atoms with Crippen molar-refractivity contribution in [3.63, 3.8) is 0 Å². The number of H-pyrrole nitrogens is 1. The van der Waals surface area contributed by atoms with E-state index in [2.05, 4.69) is 27.1 Å². The number of hydrogen-bond donors (Lipinski definition) is 2. The van der Waals surface area contributed by atoms with Gasteiger partial charge in [0.25, 0.3) is 0 Å². The van der Waals surface area contributed by atoms with Crippen LogP contribution in [0.5, 0.6) is 0 Å². The summed E-state index contributed by atoms with van der Waals surface area (Å²) in [6.45, 7) is 11.8. The first-order valence-corrected chi connectivity index (χ1v) is 9.45. The van der Waals surface area contributed by atoms with Gasteiger partial charge in [-0.25, -0.2) is 4.79 Å². The highest BCUT2D eigenvalue weighted by atomic mass is 16.5. The van der Waals surface area contributed by atoms with E-state index in [0.29, 0.717) is 31.6 Å². The lowest BCUT2D eigenvalue weighted by Crippen LogP contribution is -2.46. The summed E-state index contributed by atoms with van der Waals surface area (Å²) in [6, 6.07) is 0. The van der Waals surface area contributed by atoms with E-state index in [1.165, 1.54) is 0 Å². The highest BCUT2D eigenvalue weighted by molar-refractivity contribution is 5.92. The number of esters is 1. The topological polar surface area (TPSA) is 77.7 Å². The van der Waals surface area contributed by atoms with Crippen LogP contribution in [0.4, 0.5) is 0 Å². The number of nitrogens with one attached hydrogen (secondary N) is 2. The molecule has 1 aliphatic rings. The van der Waals surface area contributed by atoms with Crippen molar-refractivity contribution in [2.45, 2.75) is 33.6 Å². The number of nitrogens with zero attached hydrogens (tertiary/aromatic N) is 2. The third-order valence-electron chi connectivity index (χ3n) is 4.97. The number of carbonyl (C=O) groups excluding carboxylic acids is 2. The maximum Gasteiger partial charge on any atom is 0.340 e. The molecule has 1 aliphatic heterocycles. The first-order valence-electron chi connectivity index (χ1n) is 9.45. The molecule has 0 atom stereocenters. The molecule has 0 radical (unpaired) electrons. The van der Waals surface area contributed by atoms with Gasteiger partial charge in [0.05, 0.1) is 12.2 Å². The molecular weight excluding hydrogens is 332 g/mol. The number of hydrogen-bond acceptors (Lipinski definition) is 5. The van der Waals surface area contributed by atoms with Gasteiger partial charge in [0.15, 0.2) is 0 Å². The van der Waals surface area contributed by atoms with E-state index in [4.69, 9.17) is 4.74 Å². The van der Waals surface area contributed by atoms with Gasteiger partial charge in [0.1, 0.15) is 0 Å². The molecular formula is C19H32N4O3. The Balaban J connectivity index is 1.75. The predicted octanol–water partition coefficient (Wildman–Crippen LogP) is 1.10. The number of ether oxygens (including phenoxy) is 1. The molecule has 0 spiro atoms. The standard InChI is InChI=1S/C19H32N4O3/c1-5-26-19(25)18-14(2)16(21-15(18)3)6-7-17(24)20-8-9-23-12-10-22(4)11-13-23/h21H,5-13H2,1-4H3,(H,20,24). The van der Waals surface area contributed by atoms with E-state index in [1.54, 1.807) is 6.92 Å². The zero-order chi connectivity index (χ0) is 19.1. The van der Waals surface area contributed by atoms with Crippen LogP contribution in [0.25, 0.3) is 0 Å². The maximum atomic E-state index is 12.1. The van der Waals surface area contributed by atoms with Gasteiger partial charge < -0.3 is 19.9 Å². The molecule has 2 heterocycles. The van der Waals surface area contributed by atoms with Crippen molar-refractivity contribution < 1.29 is 14.3 Å². The second-order valence-electron chi connectivity index (χ2n) is 6.94. The number of aromatic nitrogens is 1. The molecule has 0 bridgehead atoms. The van der Waals surface area contributed by atoms with Gasteiger partial charge in [-0.3, -0.25) is 9.69 Å². The van der Waals surface area contributed by atoms with Gasteiger partial charge in [0, 0.05) is 57.1 Å². The highest BCUT2D eigenvalue weighted by Crippen LogP contribution is 2.20. The zero-order valence-corrected chi connectivity index (χ0v) is 16.5. The summed E-state index contributed by atoms with van der Waals surface area (Å²) in [5, 5.41) is 3.00. The second-order valence-corrected chi connectivity index (χ2v) is 6.94. The lowest BCUT2D eigenvalue weighted by atomic mass is 10.1. The number of rotatable bonds is 8. The molecule has 7 nitrogen and oxygen atoms in total. The second kappa shape index (κ2) is 9.73. The molecule has 1 saturated heterocycles. The fraction of sp³-hybridized carbons (Fsp3) is 0.684. The fourth-order valence-electron chi connectivity index (χ4n) is 3.33. The van der Waals surface area contributed by atoms with Crippen molar-refractivity contribution in [3.05, 3.63) is 22.5 Å². The average Bonchev–Trinajstić information content (AvgIpc) is 2.89. The third-order valence-corrected chi connectivity index (χ3v) is 4.97. The van der Waals surface area contributed by atoms with E-state index in [0.717, 1.165) is 49.7 Å². The Bertz CT molecular complexity index is 619. The molecule has 0 aliphatic carbocycles. The summed E-state index contributed by atoms with van der Waals surface area (Å²) in [5.41, 5.74) is 3.20. The summed E-state index contributed by atoms with van der Waals surface area (Å²) in [6.07, 6.45) is 0.998. The molecule has 146 valence electrons. The fourth-order valence-corrected chi connectivity index (χ4v) is 3.33. The average molecular weight is 364 g/mol. The van der Waals surface area contributed by atoms with Crippen LogP contribution in [-0.2, 0) is 16.0 Å². The number of likely N-dealkylation sites (N-methyl/N-ethyl adjacent to an activating group) is 1. The summed E-state index contributed by atoms with van der Waals surface area (Å²) in [7, 11) is 2.14. The number of aryl methyl sites for hydroxylation is 2. The zero-order valence-electron chi connectivity index (χ0n) is 16.5. The lowest BCUT2D eigenvalue weighted by Gasteiger charge is -2.32. The van der Waals surface area contributed by atoms with E-state index in [1.807, 2.05) is 13.8 Å². The molecule has 2 rings (SSSR count). The van der Waals surface area contributed by atoms with Crippen LogP contribution in [0.3, 0.4) is 0 Å². The van der Waals surface area contributed by atoms with Crippen LogP contribution in [0.1, 0.15) is 40.7 Å². The van der Waals surface area contributed by atoms with E-state index >= 15 is 0 Å². The number of aromatic amines is 1. The van der Waals surface area contributed by atoms with Gasteiger partial charge in [-0.15, -0.1) is 0 Å². The van der Waals surface area contributed by atoms with Crippen molar-refractivity contribution in [3.8, 4) is 0 Å². The molecule has 0 aromatic carbocycles. The van der Waals surface area contributed by atoms with Gasteiger partial charge in [-0.1, -0.05) is 0 Å². The molecule has 7 heteroatoms.